The summed E-state index contributed by atoms with van der Waals surface area (Å²) in [6, 6.07) is 16.4. The Morgan fingerprint density at radius 1 is 0.971 bits per heavy atom. The zero-order valence-corrected chi connectivity index (χ0v) is 20.1. The van der Waals surface area contributed by atoms with Crippen LogP contribution in [0.2, 0.25) is 0 Å². The highest BCUT2D eigenvalue weighted by Crippen LogP contribution is 2.44. The van der Waals surface area contributed by atoms with Crippen molar-refractivity contribution in [3.05, 3.63) is 59.7 Å². The van der Waals surface area contributed by atoms with Crippen LogP contribution < -0.4 is 10.6 Å². The summed E-state index contributed by atoms with van der Waals surface area (Å²) in [6.07, 6.45) is 1.15. The third-order valence-corrected chi connectivity index (χ3v) is 6.50. The molecule has 7 nitrogen and oxygen atoms in total. The van der Waals surface area contributed by atoms with Crippen molar-refractivity contribution >= 4 is 18.0 Å². The van der Waals surface area contributed by atoms with Crippen LogP contribution in [0.15, 0.2) is 48.5 Å². The van der Waals surface area contributed by atoms with E-state index in [1.807, 2.05) is 31.2 Å². The van der Waals surface area contributed by atoms with E-state index in [0.717, 1.165) is 0 Å². The summed E-state index contributed by atoms with van der Waals surface area (Å²) >= 11 is 0. The van der Waals surface area contributed by atoms with Crippen molar-refractivity contribution in [1.29, 1.82) is 0 Å². The predicted molar refractivity (Wildman–Crippen MR) is 131 cm³/mol. The van der Waals surface area contributed by atoms with Crippen LogP contribution in [0.4, 0.5) is 4.79 Å². The zero-order chi connectivity index (χ0) is 24.7. The van der Waals surface area contributed by atoms with Gasteiger partial charge in [0.25, 0.3) is 0 Å². The van der Waals surface area contributed by atoms with Gasteiger partial charge in [-0.05, 0) is 55.4 Å². The molecule has 34 heavy (non-hydrogen) atoms. The molecule has 0 saturated carbocycles. The Bertz CT molecular complexity index is 988. The molecule has 2 aromatic carbocycles. The average Bonchev–Trinajstić information content (AvgIpc) is 3.13. The molecule has 0 aliphatic heterocycles. The molecule has 0 heterocycles. The van der Waals surface area contributed by atoms with Crippen molar-refractivity contribution in [3.63, 3.8) is 0 Å². The number of fused-ring (bicyclic) bond motifs is 3. The monoisotopic (exact) mass is 466 g/mol. The highest BCUT2D eigenvalue weighted by molar-refractivity contribution is 5.79. The molecule has 182 valence electrons. The summed E-state index contributed by atoms with van der Waals surface area (Å²) in [5, 5.41) is 14.7. The van der Waals surface area contributed by atoms with E-state index in [1.54, 1.807) is 13.8 Å². The third-order valence-electron chi connectivity index (χ3n) is 6.50. The van der Waals surface area contributed by atoms with E-state index in [2.05, 4.69) is 34.9 Å². The maximum atomic E-state index is 12.2. The van der Waals surface area contributed by atoms with Gasteiger partial charge in [-0.2, -0.15) is 0 Å². The second kappa shape index (κ2) is 11.2. The minimum absolute atomic E-state index is 0.0213. The number of aliphatic carboxylic acids is 1. The van der Waals surface area contributed by atoms with Crippen LogP contribution in [0.1, 0.15) is 57.1 Å². The van der Waals surface area contributed by atoms with E-state index in [-0.39, 0.29) is 24.3 Å². The maximum absolute atomic E-state index is 12.2. The number of nitrogens with one attached hydrogen (secondary N) is 2. The molecular formula is C27H34N2O5. The lowest BCUT2D eigenvalue weighted by atomic mass is 9.89. The first-order valence-electron chi connectivity index (χ1n) is 11.8. The lowest BCUT2D eigenvalue weighted by molar-refractivity contribution is -0.147. The van der Waals surface area contributed by atoms with Gasteiger partial charge in [0.05, 0.1) is 5.41 Å². The Morgan fingerprint density at radius 2 is 1.56 bits per heavy atom. The lowest BCUT2D eigenvalue weighted by Gasteiger charge is -2.20. The van der Waals surface area contributed by atoms with Gasteiger partial charge in [-0.3, -0.25) is 9.59 Å². The number of rotatable bonds is 11. The summed E-state index contributed by atoms with van der Waals surface area (Å²) < 4.78 is 5.52. The molecule has 1 unspecified atom stereocenters. The molecule has 0 bridgehead atoms. The minimum atomic E-state index is -0.880. The van der Waals surface area contributed by atoms with E-state index in [4.69, 9.17) is 9.84 Å². The number of ether oxygens (including phenoxy) is 1. The summed E-state index contributed by atoms with van der Waals surface area (Å²) in [7, 11) is 0. The molecule has 3 rings (SSSR count). The van der Waals surface area contributed by atoms with Gasteiger partial charge in [0.2, 0.25) is 5.91 Å². The molecule has 1 aliphatic rings. The van der Waals surface area contributed by atoms with Crippen molar-refractivity contribution in [3.8, 4) is 11.1 Å². The van der Waals surface area contributed by atoms with E-state index < -0.39 is 17.5 Å². The molecule has 0 saturated heterocycles. The van der Waals surface area contributed by atoms with Crippen molar-refractivity contribution in [1.82, 2.24) is 10.6 Å². The van der Waals surface area contributed by atoms with Crippen LogP contribution in [0.25, 0.3) is 11.1 Å². The predicted octanol–water partition coefficient (Wildman–Crippen LogP) is 4.56. The molecule has 2 amide bonds. The van der Waals surface area contributed by atoms with Gasteiger partial charge in [-0.15, -0.1) is 0 Å². The molecule has 3 N–H and O–H groups in total. The smallest absolute Gasteiger partial charge is 0.407 e. The van der Waals surface area contributed by atoms with E-state index in [9.17, 15) is 14.4 Å². The van der Waals surface area contributed by atoms with Crippen LogP contribution in [0.5, 0.6) is 0 Å². The van der Waals surface area contributed by atoms with Gasteiger partial charge in [0.1, 0.15) is 6.61 Å². The second-order valence-electron chi connectivity index (χ2n) is 9.53. The Kier molecular flexibility index (Phi) is 8.31. The number of benzene rings is 2. The summed E-state index contributed by atoms with van der Waals surface area (Å²) in [4.78, 5) is 35.6. The second-order valence-corrected chi connectivity index (χ2v) is 9.53. The lowest BCUT2D eigenvalue weighted by Crippen LogP contribution is -2.35. The zero-order valence-electron chi connectivity index (χ0n) is 20.1. The molecule has 1 atom stereocenters. The Morgan fingerprint density at radius 3 is 2.15 bits per heavy atom. The Hall–Kier alpha value is -3.35. The van der Waals surface area contributed by atoms with Crippen molar-refractivity contribution < 1.29 is 24.2 Å². The number of hydrogen-bond donors (Lipinski definition) is 3. The quantitative estimate of drug-likeness (QED) is 0.421. The molecule has 2 aromatic rings. The topological polar surface area (TPSA) is 105 Å². The maximum Gasteiger partial charge on any atom is 0.407 e. The largest absolute Gasteiger partial charge is 0.481 e. The van der Waals surface area contributed by atoms with Crippen molar-refractivity contribution in [2.45, 2.75) is 46.0 Å². The average molecular weight is 467 g/mol. The van der Waals surface area contributed by atoms with E-state index >= 15 is 0 Å². The van der Waals surface area contributed by atoms with Gasteiger partial charge < -0.3 is 20.5 Å². The van der Waals surface area contributed by atoms with Gasteiger partial charge >= 0.3 is 12.1 Å². The number of carbonyl (C=O) groups excluding carboxylic acids is 2. The molecule has 1 aliphatic carbocycles. The first-order valence-corrected chi connectivity index (χ1v) is 11.8. The van der Waals surface area contributed by atoms with Gasteiger partial charge in [-0.25, -0.2) is 4.79 Å². The fraction of sp³-hybridized carbons (Fsp3) is 0.444. The summed E-state index contributed by atoms with van der Waals surface area (Å²) in [6.45, 7) is 6.11. The minimum Gasteiger partial charge on any atom is -0.481 e. The van der Waals surface area contributed by atoms with E-state index in [1.165, 1.54) is 22.3 Å². The number of carboxylic acid groups (broad SMARTS) is 1. The first kappa shape index (κ1) is 25.3. The number of alkyl carbamates (subject to hydrolysis) is 1. The number of amides is 2. The van der Waals surface area contributed by atoms with Crippen LogP contribution in [0.3, 0.4) is 0 Å². The van der Waals surface area contributed by atoms with Gasteiger partial charge in [0, 0.05) is 24.9 Å². The highest BCUT2D eigenvalue weighted by atomic mass is 16.5. The van der Waals surface area contributed by atoms with Crippen LogP contribution in [-0.4, -0.2) is 42.8 Å². The van der Waals surface area contributed by atoms with Crippen LogP contribution in [-0.2, 0) is 14.3 Å². The molecule has 0 radical (unpaired) electrons. The number of hydrogen-bond acceptors (Lipinski definition) is 4. The number of carbonyl (C=O) groups is 3. The van der Waals surface area contributed by atoms with E-state index in [0.29, 0.717) is 32.4 Å². The number of carboxylic acids is 1. The molecule has 7 heteroatoms. The standard InChI is InChI=1S/C27H34N2O5/c1-18(24(30)28-16-14-27(2,3)25(31)32)9-8-15-29-26(33)34-17-23-21-12-6-4-10-19(21)20-11-5-7-13-22(20)23/h4-7,10-13,18,23H,8-9,14-17H2,1-3H3,(H,28,30)(H,29,33)(H,31,32). The summed E-state index contributed by atoms with van der Waals surface area (Å²) in [5.41, 5.74) is 3.84. The molecular weight excluding hydrogens is 432 g/mol. The fourth-order valence-electron chi connectivity index (χ4n) is 4.16. The Labute approximate surface area is 200 Å². The molecule has 0 fully saturated rings. The van der Waals surface area contributed by atoms with Crippen molar-refractivity contribution in [2.24, 2.45) is 11.3 Å². The summed E-state index contributed by atoms with van der Waals surface area (Å²) in [5.74, 6) is -1.19. The van der Waals surface area contributed by atoms with Gasteiger partial charge in [-0.1, -0.05) is 55.5 Å². The van der Waals surface area contributed by atoms with Crippen molar-refractivity contribution in [2.75, 3.05) is 19.7 Å². The van der Waals surface area contributed by atoms with Crippen LogP contribution >= 0.6 is 0 Å². The SMILES string of the molecule is CC(CCCNC(=O)OCC1c2ccccc2-c2ccccc21)C(=O)NCCC(C)(C)C(=O)O. The highest BCUT2D eigenvalue weighted by Gasteiger charge is 2.29. The fourth-order valence-corrected chi connectivity index (χ4v) is 4.16. The Balaban J connectivity index is 1.36. The first-order chi connectivity index (χ1) is 16.2. The third kappa shape index (κ3) is 6.16. The normalized spacial score (nSPS) is 13.5. The molecule has 0 spiro atoms. The van der Waals surface area contributed by atoms with Gasteiger partial charge in [0.15, 0.2) is 0 Å². The van der Waals surface area contributed by atoms with Crippen LogP contribution in [0, 0.1) is 11.3 Å². The molecule has 0 aromatic heterocycles.